The Labute approximate surface area is 89.5 Å². The first-order valence-corrected chi connectivity index (χ1v) is 4.42. The number of nitrogens with zero attached hydrogens (tertiary/aromatic N) is 2. The van der Waals surface area contributed by atoms with Gasteiger partial charge in [0, 0.05) is 12.6 Å². The van der Waals surface area contributed by atoms with Crippen LogP contribution in [-0.2, 0) is 6.18 Å². The van der Waals surface area contributed by atoms with Crippen molar-refractivity contribution in [2.75, 3.05) is 17.6 Å². The van der Waals surface area contributed by atoms with Crippen molar-refractivity contribution >= 4 is 11.8 Å². The zero-order valence-corrected chi connectivity index (χ0v) is 8.41. The third-order valence-electron chi connectivity index (χ3n) is 1.61. The second-order valence-corrected chi connectivity index (χ2v) is 3.22. The second kappa shape index (κ2) is 4.52. The number of halogens is 3. The zero-order chi connectivity index (χ0) is 12.3. The number of aromatic nitrogens is 2. The molecule has 1 rings (SSSR count). The normalized spacial score (nSPS) is 13.6. The number of aliphatic hydroxyl groups excluding tert-OH is 1. The van der Waals surface area contributed by atoms with Crippen molar-refractivity contribution in [1.29, 1.82) is 0 Å². The lowest BCUT2D eigenvalue weighted by Gasteiger charge is -2.11. The minimum absolute atomic E-state index is 0.0688. The number of alkyl halides is 3. The molecular formula is C8H11F3N4O. The predicted octanol–water partition coefficient (Wildman–Crippen LogP) is 0.870. The summed E-state index contributed by atoms with van der Waals surface area (Å²) >= 11 is 0. The summed E-state index contributed by atoms with van der Waals surface area (Å²) in [7, 11) is 0. The van der Waals surface area contributed by atoms with E-state index in [0.29, 0.717) is 0 Å². The summed E-state index contributed by atoms with van der Waals surface area (Å²) in [5.41, 5.74) is 4.02. The Balaban J connectivity index is 2.90. The first-order chi connectivity index (χ1) is 7.29. The molecule has 8 heteroatoms. The molecule has 0 aromatic carbocycles. The molecular weight excluding hydrogens is 225 g/mol. The molecule has 0 fully saturated rings. The number of nitrogen functional groups attached to an aromatic ring is 1. The quantitative estimate of drug-likeness (QED) is 0.725. The molecule has 0 saturated heterocycles. The summed E-state index contributed by atoms with van der Waals surface area (Å²) in [6.45, 7) is 1.57. The summed E-state index contributed by atoms with van der Waals surface area (Å²) in [6, 6.07) is 0.735. The molecule has 1 aromatic rings. The Morgan fingerprint density at radius 1 is 1.50 bits per heavy atom. The van der Waals surface area contributed by atoms with Crippen LogP contribution in [0, 0.1) is 0 Å². The van der Waals surface area contributed by atoms with E-state index in [9.17, 15) is 13.2 Å². The maximum atomic E-state index is 12.3. The molecule has 1 heterocycles. The van der Waals surface area contributed by atoms with Gasteiger partial charge in [0.05, 0.1) is 6.10 Å². The molecule has 0 amide bonds. The molecule has 1 atom stereocenters. The fraction of sp³-hybridized carbons (Fsp3) is 0.500. The standard InChI is InChI=1S/C8H11F3N4O/c1-4(16)3-13-6-2-5(8(9,10)11)14-7(12)15-6/h2,4,16H,3H2,1H3,(H3,12,13,14,15). The fourth-order valence-corrected chi connectivity index (χ4v) is 0.954. The van der Waals surface area contributed by atoms with Gasteiger partial charge in [0.25, 0.3) is 0 Å². The smallest absolute Gasteiger partial charge is 0.392 e. The summed E-state index contributed by atoms with van der Waals surface area (Å²) in [4.78, 5) is 6.64. The Bertz CT molecular complexity index is 367. The van der Waals surface area contributed by atoms with E-state index >= 15 is 0 Å². The van der Waals surface area contributed by atoms with Crippen LogP contribution in [0.25, 0.3) is 0 Å². The SMILES string of the molecule is CC(O)CNc1cc(C(F)(F)F)nc(N)n1. The highest BCUT2D eigenvalue weighted by atomic mass is 19.4. The van der Waals surface area contributed by atoms with Crippen molar-refractivity contribution in [3.8, 4) is 0 Å². The van der Waals surface area contributed by atoms with Gasteiger partial charge in [0.1, 0.15) is 5.82 Å². The van der Waals surface area contributed by atoms with E-state index in [4.69, 9.17) is 10.8 Å². The second-order valence-electron chi connectivity index (χ2n) is 3.22. The maximum Gasteiger partial charge on any atom is 0.433 e. The van der Waals surface area contributed by atoms with Gasteiger partial charge >= 0.3 is 6.18 Å². The molecule has 16 heavy (non-hydrogen) atoms. The summed E-state index contributed by atoms with van der Waals surface area (Å²) in [5, 5.41) is 11.5. The van der Waals surface area contributed by atoms with Crippen molar-refractivity contribution < 1.29 is 18.3 Å². The average Bonchev–Trinajstić information content (AvgIpc) is 2.12. The number of aliphatic hydroxyl groups is 1. The Hall–Kier alpha value is -1.57. The number of hydrogen-bond donors (Lipinski definition) is 3. The minimum atomic E-state index is -4.57. The molecule has 0 aliphatic heterocycles. The highest BCUT2D eigenvalue weighted by Crippen LogP contribution is 2.29. The molecule has 1 aromatic heterocycles. The van der Waals surface area contributed by atoms with Crippen LogP contribution in [0.1, 0.15) is 12.6 Å². The molecule has 0 aliphatic rings. The van der Waals surface area contributed by atoms with Crippen LogP contribution in [0.15, 0.2) is 6.07 Å². The van der Waals surface area contributed by atoms with Gasteiger partial charge in [-0.25, -0.2) is 4.98 Å². The zero-order valence-electron chi connectivity index (χ0n) is 8.41. The first kappa shape index (κ1) is 12.5. The lowest BCUT2D eigenvalue weighted by molar-refractivity contribution is -0.141. The van der Waals surface area contributed by atoms with Crippen LogP contribution in [-0.4, -0.2) is 27.7 Å². The van der Waals surface area contributed by atoms with E-state index in [0.717, 1.165) is 6.07 Å². The lowest BCUT2D eigenvalue weighted by atomic mass is 10.3. The number of rotatable bonds is 3. The third-order valence-corrected chi connectivity index (χ3v) is 1.61. The molecule has 0 bridgehead atoms. The van der Waals surface area contributed by atoms with E-state index in [-0.39, 0.29) is 12.4 Å². The monoisotopic (exact) mass is 236 g/mol. The van der Waals surface area contributed by atoms with Gasteiger partial charge in [-0.15, -0.1) is 0 Å². The predicted molar refractivity (Wildman–Crippen MR) is 51.6 cm³/mol. The van der Waals surface area contributed by atoms with Crippen LogP contribution in [0.4, 0.5) is 24.9 Å². The van der Waals surface area contributed by atoms with E-state index < -0.39 is 23.9 Å². The Morgan fingerprint density at radius 2 is 2.12 bits per heavy atom. The molecule has 0 spiro atoms. The summed E-state index contributed by atoms with van der Waals surface area (Å²) < 4.78 is 37.0. The van der Waals surface area contributed by atoms with Crippen LogP contribution in [0.5, 0.6) is 0 Å². The van der Waals surface area contributed by atoms with Crippen molar-refractivity contribution in [2.45, 2.75) is 19.2 Å². The average molecular weight is 236 g/mol. The van der Waals surface area contributed by atoms with Gasteiger partial charge in [0.2, 0.25) is 5.95 Å². The van der Waals surface area contributed by atoms with Crippen molar-refractivity contribution in [2.24, 2.45) is 0 Å². The van der Waals surface area contributed by atoms with Crippen molar-refractivity contribution in [1.82, 2.24) is 9.97 Å². The molecule has 0 aliphatic carbocycles. The molecule has 1 unspecified atom stereocenters. The van der Waals surface area contributed by atoms with E-state index in [1.807, 2.05) is 0 Å². The van der Waals surface area contributed by atoms with E-state index in [2.05, 4.69) is 15.3 Å². The molecule has 0 saturated carbocycles. The van der Waals surface area contributed by atoms with Gasteiger partial charge < -0.3 is 16.2 Å². The van der Waals surface area contributed by atoms with E-state index in [1.165, 1.54) is 6.92 Å². The van der Waals surface area contributed by atoms with Gasteiger partial charge in [-0.3, -0.25) is 0 Å². The molecule has 4 N–H and O–H groups in total. The fourth-order valence-electron chi connectivity index (χ4n) is 0.954. The maximum absolute atomic E-state index is 12.3. The number of hydrogen-bond acceptors (Lipinski definition) is 5. The minimum Gasteiger partial charge on any atom is -0.392 e. The van der Waals surface area contributed by atoms with Gasteiger partial charge in [0.15, 0.2) is 5.69 Å². The van der Waals surface area contributed by atoms with Gasteiger partial charge in [-0.1, -0.05) is 0 Å². The van der Waals surface area contributed by atoms with Crippen LogP contribution in [0.2, 0.25) is 0 Å². The largest absolute Gasteiger partial charge is 0.433 e. The first-order valence-electron chi connectivity index (χ1n) is 4.42. The lowest BCUT2D eigenvalue weighted by Crippen LogP contribution is -2.18. The van der Waals surface area contributed by atoms with Crippen LogP contribution >= 0.6 is 0 Å². The van der Waals surface area contributed by atoms with Crippen molar-refractivity contribution in [3.63, 3.8) is 0 Å². The Morgan fingerprint density at radius 3 is 2.62 bits per heavy atom. The number of nitrogens with two attached hydrogens (primary N) is 1. The highest BCUT2D eigenvalue weighted by molar-refractivity contribution is 5.41. The van der Waals surface area contributed by atoms with Crippen LogP contribution in [0.3, 0.4) is 0 Å². The molecule has 0 radical (unpaired) electrons. The van der Waals surface area contributed by atoms with Crippen LogP contribution < -0.4 is 11.1 Å². The summed E-state index contributed by atoms with van der Waals surface area (Å²) in [6.07, 6.45) is -5.27. The number of anilines is 2. The topological polar surface area (TPSA) is 84.1 Å². The highest BCUT2D eigenvalue weighted by Gasteiger charge is 2.33. The summed E-state index contributed by atoms with van der Waals surface area (Å²) in [5.74, 6) is -0.538. The third kappa shape index (κ3) is 3.54. The molecule has 90 valence electrons. The van der Waals surface area contributed by atoms with Gasteiger partial charge in [-0.2, -0.15) is 18.2 Å². The molecule has 5 nitrogen and oxygen atoms in total. The van der Waals surface area contributed by atoms with Crippen molar-refractivity contribution in [3.05, 3.63) is 11.8 Å². The van der Waals surface area contributed by atoms with Gasteiger partial charge in [-0.05, 0) is 6.92 Å². The van der Waals surface area contributed by atoms with E-state index in [1.54, 1.807) is 0 Å². The Kier molecular flexibility index (Phi) is 3.53. The number of nitrogens with one attached hydrogen (secondary N) is 1.